The highest BCUT2D eigenvalue weighted by molar-refractivity contribution is 9.11. The highest BCUT2D eigenvalue weighted by atomic mass is 79.9. The predicted octanol–water partition coefficient (Wildman–Crippen LogP) is 3.17. The highest BCUT2D eigenvalue weighted by Crippen LogP contribution is 2.19. The van der Waals surface area contributed by atoms with E-state index >= 15 is 0 Å². The summed E-state index contributed by atoms with van der Waals surface area (Å²) in [5.74, 6) is 0. The van der Waals surface area contributed by atoms with Crippen LogP contribution in [0.25, 0.3) is 0 Å². The van der Waals surface area contributed by atoms with E-state index in [0.29, 0.717) is 0 Å². The number of rotatable bonds is 1. The van der Waals surface area contributed by atoms with Gasteiger partial charge in [-0.25, -0.2) is 4.98 Å². The minimum atomic E-state index is 0.872. The molecule has 1 aromatic rings. The second kappa shape index (κ2) is 3.49. The van der Waals surface area contributed by atoms with E-state index < -0.39 is 0 Å². The van der Waals surface area contributed by atoms with Crippen molar-refractivity contribution in [2.24, 2.45) is 0 Å². The van der Waals surface area contributed by atoms with Crippen LogP contribution in [0.2, 0.25) is 0 Å². The van der Waals surface area contributed by atoms with Crippen LogP contribution in [-0.2, 0) is 6.42 Å². The first-order valence-corrected chi connectivity index (χ1v) is 4.62. The van der Waals surface area contributed by atoms with Crippen LogP contribution in [0, 0.1) is 0 Å². The molecule has 0 spiro atoms. The van der Waals surface area contributed by atoms with Crippen molar-refractivity contribution < 1.29 is 0 Å². The Balaban J connectivity index is 3.07. The van der Waals surface area contributed by atoms with Crippen molar-refractivity contribution >= 4 is 31.9 Å². The molecular formula is C7H7Br2N. The molecule has 0 saturated carbocycles. The van der Waals surface area contributed by atoms with Gasteiger partial charge in [-0.2, -0.15) is 0 Å². The molecule has 0 aliphatic carbocycles. The zero-order valence-corrected chi connectivity index (χ0v) is 8.74. The van der Waals surface area contributed by atoms with Crippen LogP contribution in [0.15, 0.2) is 21.3 Å². The fraction of sp³-hybridized carbons (Fsp3) is 0.286. The van der Waals surface area contributed by atoms with Crippen LogP contribution in [0.1, 0.15) is 12.5 Å². The van der Waals surface area contributed by atoms with Crippen LogP contribution in [0.4, 0.5) is 0 Å². The smallest absolute Gasteiger partial charge is 0.107 e. The Hall–Kier alpha value is 0.110. The predicted molar refractivity (Wildman–Crippen MR) is 49.0 cm³/mol. The topological polar surface area (TPSA) is 12.9 Å². The maximum atomic E-state index is 4.10. The zero-order chi connectivity index (χ0) is 7.56. The molecule has 0 bridgehead atoms. The molecule has 54 valence electrons. The summed E-state index contributed by atoms with van der Waals surface area (Å²) in [5, 5.41) is 0. The highest BCUT2D eigenvalue weighted by Gasteiger charge is 1.97. The van der Waals surface area contributed by atoms with Crippen molar-refractivity contribution in [1.82, 2.24) is 4.98 Å². The molecule has 0 saturated heterocycles. The molecule has 0 aliphatic rings. The van der Waals surface area contributed by atoms with E-state index in [0.717, 1.165) is 15.5 Å². The lowest BCUT2D eigenvalue weighted by Crippen LogP contribution is -1.84. The maximum absolute atomic E-state index is 4.10. The molecular weight excluding hydrogens is 258 g/mol. The second-order valence-electron chi connectivity index (χ2n) is 1.95. The van der Waals surface area contributed by atoms with Gasteiger partial charge in [0.1, 0.15) is 4.60 Å². The third kappa shape index (κ3) is 1.80. The van der Waals surface area contributed by atoms with Gasteiger partial charge < -0.3 is 0 Å². The molecule has 0 aromatic carbocycles. The van der Waals surface area contributed by atoms with Gasteiger partial charge in [-0.05, 0) is 34.0 Å². The van der Waals surface area contributed by atoms with Crippen molar-refractivity contribution in [3.63, 3.8) is 0 Å². The molecule has 0 unspecified atom stereocenters. The Labute approximate surface area is 77.1 Å². The van der Waals surface area contributed by atoms with Crippen molar-refractivity contribution in [3.05, 3.63) is 26.9 Å². The molecule has 10 heavy (non-hydrogen) atoms. The number of halogens is 2. The number of aromatic nitrogens is 1. The Morgan fingerprint density at radius 3 is 2.70 bits per heavy atom. The van der Waals surface area contributed by atoms with Crippen molar-refractivity contribution in [2.75, 3.05) is 0 Å². The fourth-order valence-electron chi connectivity index (χ4n) is 0.696. The van der Waals surface area contributed by atoms with Gasteiger partial charge in [0, 0.05) is 10.7 Å². The fourth-order valence-corrected chi connectivity index (χ4v) is 1.93. The molecule has 1 aromatic heterocycles. The van der Waals surface area contributed by atoms with Crippen LogP contribution in [0.5, 0.6) is 0 Å². The standard InChI is InChI=1S/C7H7Br2N/c1-2-5-4-10-7(9)3-6(5)8/h3-4H,2H2,1H3. The number of pyridine rings is 1. The average molecular weight is 265 g/mol. The summed E-state index contributed by atoms with van der Waals surface area (Å²) in [6.07, 6.45) is 2.88. The van der Waals surface area contributed by atoms with E-state index in [1.54, 1.807) is 0 Å². The van der Waals surface area contributed by atoms with E-state index in [2.05, 4.69) is 43.8 Å². The SMILES string of the molecule is CCc1cnc(Br)cc1Br. The number of aryl methyl sites for hydroxylation is 1. The maximum Gasteiger partial charge on any atom is 0.107 e. The average Bonchev–Trinajstić information content (AvgIpc) is 1.88. The first-order valence-electron chi connectivity index (χ1n) is 3.04. The first-order chi connectivity index (χ1) is 4.74. The molecule has 0 N–H and O–H groups in total. The van der Waals surface area contributed by atoms with Gasteiger partial charge >= 0.3 is 0 Å². The number of hydrogen-bond donors (Lipinski definition) is 0. The van der Waals surface area contributed by atoms with Gasteiger partial charge in [0.25, 0.3) is 0 Å². The van der Waals surface area contributed by atoms with Gasteiger partial charge in [-0.3, -0.25) is 0 Å². The summed E-state index contributed by atoms with van der Waals surface area (Å²) in [5.41, 5.74) is 1.24. The van der Waals surface area contributed by atoms with E-state index in [-0.39, 0.29) is 0 Å². The van der Waals surface area contributed by atoms with Gasteiger partial charge in [0.05, 0.1) is 0 Å². The Bertz CT molecular complexity index is 235. The molecule has 1 nitrogen and oxygen atoms in total. The van der Waals surface area contributed by atoms with Crippen LogP contribution < -0.4 is 0 Å². The van der Waals surface area contributed by atoms with Gasteiger partial charge in [-0.15, -0.1) is 0 Å². The molecule has 3 heteroatoms. The number of nitrogens with zero attached hydrogens (tertiary/aromatic N) is 1. The monoisotopic (exact) mass is 263 g/mol. The van der Waals surface area contributed by atoms with Gasteiger partial charge in [0.15, 0.2) is 0 Å². The molecule has 0 amide bonds. The molecule has 0 radical (unpaired) electrons. The minimum Gasteiger partial charge on any atom is -0.249 e. The van der Waals surface area contributed by atoms with E-state index in [4.69, 9.17) is 0 Å². The lowest BCUT2D eigenvalue weighted by Gasteiger charge is -1.98. The Morgan fingerprint density at radius 2 is 2.20 bits per heavy atom. The quantitative estimate of drug-likeness (QED) is 0.710. The normalized spacial score (nSPS) is 9.90. The summed E-state index contributed by atoms with van der Waals surface area (Å²) in [6.45, 7) is 2.11. The lowest BCUT2D eigenvalue weighted by atomic mass is 10.2. The largest absolute Gasteiger partial charge is 0.249 e. The van der Waals surface area contributed by atoms with Crippen LogP contribution in [-0.4, -0.2) is 4.98 Å². The second-order valence-corrected chi connectivity index (χ2v) is 3.62. The summed E-state index contributed by atoms with van der Waals surface area (Å²) >= 11 is 6.72. The summed E-state index contributed by atoms with van der Waals surface area (Å²) in [7, 11) is 0. The van der Waals surface area contributed by atoms with Gasteiger partial charge in [-0.1, -0.05) is 22.9 Å². The first kappa shape index (κ1) is 8.21. The van der Waals surface area contributed by atoms with Crippen molar-refractivity contribution in [1.29, 1.82) is 0 Å². The number of hydrogen-bond acceptors (Lipinski definition) is 1. The minimum absolute atomic E-state index is 0.872. The Kier molecular flexibility index (Phi) is 2.86. The molecule has 1 heterocycles. The van der Waals surface area contributed by atoms with E-state index in [1.165, 1.54) is 5.56 Å². The molecule has 1 rings (SSSR count). The lowest BCUT2D eigenvalue weighted by molar-refractivity contribution is 1.08. The molecule has 0 aliphatic heterocycles. The van der Waals surface area contributed by atoms with Crippen LogP contribution in [0.3, 0.4) is 0 Å². The van der Waals surface area contributed by atoms with Crippen molar-refractivity contribution in [2.45, 2.75) is 13.3 Å². The summed E-state index contributed by atoms with van der Waals surface area (Å²) < 4.78 is 1.99. The summed E-state index contributed by atoms with van der Waals surface area (Å²) in [4.78, 5) is 4.10. The van der Waals surface area contributed by atoms with E-state index in [1.807, 2.05) is 12.3 Å². The molecule has 0 fully saturated rings. The Morgan fingerprint density at radius 1 is 1.50 bits per heavy atom. The third-order valence-electron chi connectivity index (χ3n) is 1.28. The van der Waals surface area contributed by atoms with Crippen molar-refractivity contribution in [3.8, 4) is 0 Å². The summed E-state index contributed by atoms with van der Waals surface area (Å²) in [6, 6.07) is 1.96. The van der Waals surface area contributed by atoms with E-state index in [9.17, 15) is 0 Å². The third-order valence-corrected chi connectivity index (χ3v) is 2.45. The molecule has 0 atom stereocenters. The zero-order valence-electron chi connectivity index (χ0n) is 5.56. The van der Waals surface area contributed by atoms with Gasteiger partial charge in [0.2, 0.25) is 0 Å². The van der Waals surface area contributed by atoms with Crippen LogP contribution >= 0.6 is 31.9 Å².